The van der Waals surface area contributed by atoms with Crippen molar-refractivity contribution in [2.24, 2.45) is 11.3 Å². The molecule has 2 aliphatic heterocycles. The van der Waals surface area contributed by atoms with Gasteiger partial charge in [0.15, 0.2) is 0 Å². The van der Waals surface area contributed by atoms with E-state index in [4.69, 9.17) is 0 Å². The Bertz CT molecular complexity index is 586. The summed E-state index contributed by atoms with van der Waals surface area (Å²) in [6.45, 7) is 3.92. The first-order valence-electron chi connectivity index (χ1n) is 9.60. The minimum Gasteiger partial charge on any atom is -0.369 e. The summed E-state index contributed by atoms with van der Waals surface area (Å²) in [6, 6.07) is 10.9. The van der Waals surface area contributed by atoms with Crippen LogP contribution in [0.4, 0.5) is 5.69 Å². The van der Waals surface area contributed by atoms with Crippen molar-refractivity contribution in [1.29, 1.82) is 0 Å². The number of carbonyl (C=O) groups excluding carboxylic acids is 1. The summed E-state index contributed by atoms with van der Waals surface area (Å²) in [7, 11) is 0. The van der Waals surface area contributed by atoms with E-state index in [2.05, 4.69) is 45.9 Å². The Balaban J connectivity index is 0.00000121. The van der Waals surface area contributed by atoms with Gasteiger partial charge in [-0.2, -0.15) is 0 Å². The fraction of sp³-hybridized carbons (Fsp3) is 0.650. The average Bonchev–Trinajstić information content (AvgIpc) is 3.08. The summed E-state index contributed by atoms with van der Waals surface area (Å²) in [5.41, 5.74) is 1.14. The lowest BCUT2D eigenvalue weighted by Gasteiger charge is -2.40. The Labute approximate surface area is 169 Å². The molecule has 1 saturated carbocycles. The number of amides is 1. The van der Waals surface area contributed by atoms with E-state index in [0.717, 1.165) is 45.4 Å². The minimum atomic E-state index is -0.132. The molecule has 0 radical (unpaired) electrons. The molecule has 0 spiro atoms. The van der Waals surface area contributed by atoms with Crippen molar-refractivity contribution in [1.82, 2.24) is 10.6 Å². The molecule has 3 fully saturated rings. The minimum absolute atomic E-state index is 0. The maximum absolute atomic E-state index is 13.1. The largest absolute Gasteiger partial charge is 0.369 e. The van der Waals surface area contributed by atoms with E-state index in [1.807, 2.05) is 0 Å². The molecule has 0 bridgehead atoms. The monoisotopic (exact) mass is 399 g/mol. The summed E-state index contributed by atoms with van der Waals surface area (Å²) >= 11 is 0. The van der Waals surface area contributed by atoms with E-state index >= 15 is 0 Å². The lowest BCUT2D eigenvalue weighted by Crippen LogP contribution is -2.54. The molecule has 1 aliphatic carbocycles. The molecular formula is C20H31Cl2N3O. The van der Waals surface area contributed by atoms with Crippen molar-refractivity contribution in [3.05, 3.63) is 30.3 Å². The lowest BCUT2D eigenvalue weighted by molar-refractivity contribution is -0.134. The van der Waals surface area contributed by atoms with Crippen LogP contribution in [0, 0.1) is 11.3 Å². The maximum atomic E-state index is 13.1. The highest BCUT2D eigenvalue weighted by molar-refractivity contribution is 5.85. The average molecular weight is 400 g/mol. The molecule has 3 aliphatic rings. The van der Waals surface area contributed by atoms with Gasteiger partial charge in [0, 0.05) is 31.4 Å². The third kappa shape index (κ3) is 4.13. The topological polar surface area (TPSA) is 44.4 Å². The van der Waals surface area contributed by atoms with Gasteiger partial charge in [-0.15, -0.1) is 24.8 Å². The molecule has 2 saturated heterocycles. The van der Waals surface area contributed by atoms with Gasteiger partial charge in [0.1, 0.15) is 0 Å². The van der Waals surface area contributed by atoms with E-state index in [1.54, 1.807) is 0 Å². The van der Waals surface area contributed by atoms with Crippen molar-refractivity contribution >= 4 is 36.4 Å². The van der Waals surface area contributed by atoms with Gasteiger partial charge >= 0.3 is 0 Å². The molecule has 4 rings (SSSR count). The molecule has 2 heterocycles. The number of nitrogens with one attached hydrogen (secondary N) is 2. The van der Waals surface area contributed by atoms with Gasteiger partial charge in [-0.3, -0.25) is 4.79 Å². The first-order chi connectivity index (χ1) is 11.8. The normalized spacial score (nSPS) is 30.5. The Morgan fingerprint density at radius 1 is 1.12 bits per heavy atom. The summed E-state index contributed by atoms with van der Waals surface area (Å²) in [6.07, 6.45) is 7.00. The molecule has 4 nitrogen and oxygen atoms in total. The number of rotatable bonds is 3. The fourth-order valence-electron chi connectivity index (χ4n) is 4.99. The van der Waals surface area contributed by atoms with Gasteiger partial charge in [-0.25, -0.2) is 0 Å². The van der Waals surface area contributed by atoms with E-state index in [-0.39, 0.29) is 36.3 Å². The second-order valence-corrected chi connectivity index (χ2v) is 7.82. The third-order valence-electron chi connectivity index (χ3n) is 6.37. The predicted octanol–water partition coefficient (Wildman–Crippen LogP) is 3.40. The number of hydrogen-bond donors (Lipinski definition) is 2. The van der Waals surface area contributed by atoms with Crippen molar-refractivity contribution in [3.8, 4) is 0 Å². The summed E-state index contributed by atoms with van der Waals surface area (Å²) in [5.74, 6) is 0.858. The van der Waals surface area contributed by atoms with Crippen LogP contribution in [0.5, 0.6) is 0 Å². The van der Waals surface area contributed by atoms with E-state index in [1.165, 1.54) is 24.9 Å². The maximum Gasteiger partial charge on any atom is 0.228 e. The Hall–Kier alpha value is -0.970. The van der Waals surface area contributed by atoms with Gasteiger partial charge in [0.05, 0.1) is 5.41 Å². The number of anilines is 1. The van der Waals surface area contributed by atoms with E-state index < -0.39 is 0 Å². The van der Waals surface area contributed by atoms with Crippen LogP contribution >= 0.6 is 24.8 Å². The zero-order valence-electron chi connectivity index (χ0n) is 15.3. The Morgan fingerprint density at radius 3 is 2.73 bits per heavy atom. The van der Waals surface area contributed by atoms with Crippen LogP contribution in [-0.2, 0) is 4.79 Å². The van der Waals surface area contributed by atoms with Crippen LogP contribution < -0.4 is 15.5 Å². The highest BCUT2D eigenvalue weighted by Gasteiger charge is 2.50. The van der Waals surface area contributed by atoms with Crippen LogP contribution in [0.15, 0.2) is 30.3 Å². The van der Waals surface area contributed by atoms with Crippen molar-refractivity contribution in [2.75, 3.05) is 31.1 Å². The number of hydrogen-bond acceptors (Lipinski definition) is 3. The Kier molecular flexibility index (Phi) is 7.63. The first-order valence-corrected chi connectivity index (χ1v) is 9.60. The van der Waals surface area contributed by atoms with Gasteiger partial charge < -0.3 is 15.5 Å². The zero-order chi connectivity index (χ0) is 16.4. The van der Waals surface area contributed by atoms with Gasteiger partial charge in [-0.05, 0) is 50.3 Å². The number of para-hydroxylation sites is 1. The Morgan fingerprint density at radius 2 is 1.92 bits per heavy atom. The van der Waals surface area contributed by atoms with Crippen LogP contribution in [0.1, 0.15) is 38.5 Å². The highest BCUT2D eigenvalue weighted by Crippen LogP contribution is 2.44. The van der Waals surface area contributed by atoms with Gasteiger partial charge in [-0.1, -0.05) is 31.0 Å². The van der Waals surface area contributed by atoms with Crippen LogP contribution in [-0.4, -0.2) is 38.1 Å². The summed E-state index contributed by atoms with van der Waals surface area (Å²) in [5, 5.41) is 6.92. The summed E-state index contributed by atoms with van der Waals surface area (Å²) < 4.78 is 0. The second-order valence-electron chi connectivity index (χ2n) is 7.82. The molecule has 0 aromatic heterocycles. The molecule has 2 N–H and O–H groups in total. The quantitative estimate of drug-likeness (QED) is 0.818. The fourth-order valence-corrected chi connectivity index (χ4v) is 4.99. The number of piperidine rings is 1. The molecule has 3 atom stereocenters. The number of nitrogens with zero attached hydrogens (tertiary/aromatic N) is 1. The number of halogens is 2. The molecular weight excluding hydrogens is 369 g/mol. The van der Waals surface area contributed by atoms with Crippen molar-refractivity contribution in [2.45, 2.75) is 44.6 Å². The second kappa shape index (κ2) is 9.29. The third-order valence-corrected chi connectivity index (χ3v) is 6.37. The van der Waals surface area contributed by atoms with Crippen LogP contribution in [0.25, 0.3) is 0 Å². The zero-order valence-corrected chi connectivity index (χ0v) is 16.9. The standard InChI is InChI=1S/C20H29N3O.2ClH/c24-19(20-11-5-4-7-16(20)13-21-15-20)22-17-8-6-12-23(14-17)18-9-2-1-3-10-18;;/h1-3,9-10,16-17,21H,4-8,11-15H2,(H,22,24);2*1H/t16-,17?,20+;;/m0../s1. The molecule has 146 valence electrons. The van der Waals surface area contributed by atoms with Crippen LogP contribution in [0.2, 0.25) is 0 Å². The highest BCUT2D eigenvalue weighted by atomic mass is 35.5. The van der Waals surface area contributed by atoms with Gasteiger partial charge in [0.2, 0.25) is 5.91 Å². The predicted molar refractivity (Wildman–Crippen MR) is 112 cm³/mol. The smallest absolute Gasteiger partial charge is 0.228 e. The molecule has 1 aromatic carbocycles. The van der Waals surface area contributed by atoms with Crippen molar-refractivity contribution in [3.63, 3.8) is 0 Å². The molecule has 26 heavy (non-hydrogen) atoms. The molecule has 1 amide bonds. The number of benzene rings is 1. The van der Waals surface area contributed by atoms with E-state index in [9.17, 15) is 4.79 Å². The van der Waals surface area contributed by atoms with Crippen molar-refractivity contribution < 1.29 is 4.79 Å². The SMILES string of the molecule is Cl.Cl.O=C(NC1CCCN(c2ccccc2)C1)[C@@]12CCCC[C@H]1CNC2. The van der Waals surface area contributed by atoms with Crippen LogP contribution in [0.3, 0.4) is 0 Å². The summed E-state index contributed by atoms with van der Waals surface area (Å²) in [4.78, 5) is 15.6. The number of carbonyl (C=O) groups is 1. The lowest BCUT2D eigenvalue weighted by atomic mass is 9.67. The van der Waals surface area contributed by atoms with Gasteiger partial charge in [0.25, 0.3) is 0 Å². The molecule has 1 aromatic rings. The first kappa shape index (κ1) is 21.3. The van der Waals surface area contributed by atoms with E-state index in [0.29, 0.717) is 11.8 Å². The molecule has 1 unspecified atom stereocenters. The molecule has 6 heteroatoms. The number of fused-ring (bicyclic) bond motifs is 1.